The van der Waals surface area contributed by atoms with Crippen molar-refractivity contribution in [2.45, 2.75) is 25.3 Å². The lowest BCUT2D eigenvalue weighted by atomic mass is 10.1. The molecule has 2 fully saturated rings. The molecule has 5 N–H and O–H groups in total. The lowest BCUT2D eigenvalue weighted by Crippen LogP contribution is -2.43. The Labute approximate surface area is 208 Å². The minimum absolute atomic E-state index is 0.110. The molecule has 0 saturated carbocycles. The quantitative estimate of drug-likeness (QED) is 0.401. The summed E-state index contributed by atoms with van der Waals surface area (Å²) in [6.07, 6.45) is 7.31. The predicted molar refractivity (Wildman–Crippen MR) is 148 cm³/mol. The molecule has 0 aliphatic carbocycles. The van der Waals surface area contributed by atoms with Crippen LogP contribution in [0.1, 0.15) is 24.8 Å². The molecule has 2 aromatic carbocycles. The van der Waals surface area contributed by atoms with Crippen LogP contribution in [-0.4, -0.2) is 45.1 Å². The SMILES string of the molecule is C=C(N=C/C=C(\N)c1ccc(NC(=C)C2COCCN2)cc1)Nc1ccc(N2CCCCC2)cc1. The second kappa shape index (κ2) is 12.2. The summed E-state index contributed by atoms with van der Waals surface area (Å²) in [5, 5.41) is 9.95. The molecule has 1 atom stereocenters. The number of nitrogens with one attached hydrogen (secondary N) is 3. The van der Waals surface area contributed by atoms with Gasteiger partial charge < -0.3 is 31.3 Å². The van der Waals surface area contributed by atoms with Crippen LogP contribution in [-0.2, 0) is 4.74 Å². The first-order valence-corrected chi connectivity index (χ1v) is 12.3. The van der Waals surface area contributed by atoms with Gasteiger partial charge in [0.2, 0.25) is 0 Å². The van der Waals surface area contributed by atoms with Crippen molar-refractivity contribution in [2.75, 3.05) is 48.4 Å². The second-order valence-electron chi connectivity index (χ2n) is 8.88. The Morgan fingerprint density at radius 2 is 1.69 bits per heavy atom. The third kappa shape index (κ3) is 7.21. The third-order valence-corrected chi connectivity index (χ3v) is 6.23. The molecular weight excluding hydrogens is 436 g/mol. The summed E-state index contributed by atoms with van der Waals surface area (Å²) in [5.41, 5.74) is 11.9. The number of hydrogen-bond acceptors (Lipinski definition) is 7. The van der Waals surface area contributed by atoms with Crippen LogP contribution in [0, 0.1) is 0 Å². The first-order chi connectivity index (χ1) is 17.1. The van der Waals surface area contributed by atoms with Crippen LogP contribution in [0.15, 0.2) is 84.3 Å². The molecular formula is C28H36N6O. The van der Waals surface area contributed by atoms with E-state index >= 15 is 0 Å². The van der Waals surface area contributed by atoms with Crippen molar-refractivity contribution in [3.8, 4) is 0 Å². The number of nitrogens with zero attached hydrogens (tertiary/aromatic N) is 2. The summed E-state index contributed by atoms with van der Waals surface area (Å²) in [4.78, 5) is 6.81. The predicted octanol–water partition coefficient (Wildman–Crippen LogP) is 4.54. The second-order valence-corrected chi connectivity index (χ2v) is 8.88. The first-order valence-electron chi connectivity index (χ1n) is 12.3. The van der Waals surface area contributed by atoms with E-state index in [2.05, 4.69) is 63.3 Å². The van der Waals surface area contributed by atoms with Gasteiger partial charge in [-0.2, -0.15) is 0 Å². The zero-order valence-corrected chi connectivity index (χ0v) is 20.3. The summed E-state index contributed by atoms with van der Waals surface area (Å²) < 4.78 is 5.49. The van der Waals surface area contributed by atoms with Crippen LogP contribution in [0.25, 0.3) is 5.70 Å². The molecule has 0 aromatic heterocycles. The number of benzene rings is 2. The lowest BCUT2D eigenvalue weighted by Gasteiger charge is -2.28. The Morgan fingerprint density at radius 1 is 1.00 bits per heavy atom. The van der Waals surface area contributed by atoms with E-state index in [1.165, 1.54) is 24.9 Å². The fourth-order valence-electron chi connectivity index (χ4n) is 4.22. The van der Waals surface area contributed by atoms with E-state index in [0.29, 0.717) is 18.1 Å². The maximum atomic E-state index is 6.24. The maximum Gasteiger partial charge on any atom is 0.122 e. The summed E-state index contributed by atoms with van der Waals surface area (Å²) in [6, 6.07) is 16.4. The minimum Gasteiger partial charge on any atom is -0.398 e. The largest absolute Gasteiger partial charge is 0.398 e. The molecule has 2 aliphatic rings. The zero-order valence-electron chi connectivity index (χ0n) is 20.3. The fraction of sp³-hybridized carbons (Fsp3) is 0.321. The van der Waals surface area contributed by atoms with Crippen molar-refractivity contribution >= 4 is 29.0 Å². The Bertz CT molecular complexity index is 1050. The van der Waals surface area contributed by atoms with Crippen molar-refractivity contribution < 1.29 is 4.74 Å². The number of ether oxygens (including phenoxy) is 1. The number of rotatable bonds is 9. The highest BCUT2D eigenvalue weighted by Gasteiger charge is 2.16. The first kappa shape index (κ1) is 24.6. The molecule has 2 heterocycles. The monoisotopic (exact) mass is 472 g/mol. The normalized spacial score (nSPS) is 18.9. The highest BCUT2D eigenvalue weighted by molar-refractivity contribution is 5.84. The van der Waals surface area contributed by atoms with E-state index in [4.69, 9.17) is 10.5 Å². The van der Waals surface area contributed by atoms with E-state index in [1.54, 1.807) is 12.3 Å². The van der Waals surface area contributed by atoms with Gasteiger partial charge in [0.15, 0.2) is 0 Å². The number of hydrogen-bond donors (Lipinski definition) is 4. The van der Waals surface area contributed by atoms with Gasteiger partial charge in [0, 0.05) is 54.3 Å². The standard InChI is InChI=1S/C28H36N6O/c1-21(28-20-35-19-16-31-28)32-24-8-6-23(7-9-24)27(29)14-15-30-22(2)33-25-10-12-26(13-11-25)34-17-4-3-5-18-34/h6-15,28,31-33H,1-5,16-20,29H2/b27-14-,30-15?. The van der Waals surface area contributed by atoms with Crippen molar-refractivity contribution in [3.05, 3.63) is 84.8 Å². The Kier molecular flexibility index (Phi) is 8.59. The van der Waals surface area contributed by atoms with Crippen molar-refractivity contribution in [1.82, 2.24) is 5.32 Å². The number of piperidine rings is 1. The van der Waals surface area contributed by atoms with E-state index in [1.807, 2.05) is 24.3 Å². The van der Waals surface area contributed by atoms with E-state index in [-0.39, 0.29) is 6.04 Å². The molecule has 2 aromatic rings. The van der Waals surface area contributed by atoms with Gasteiger partial charge >= 0.3 is 0 Å². The molecule has 0 bridgehead atoms. The topological polar surface area (TPSA) is 86.9 Å². The lowest BCUT2D eigenvalue weighted by molar-refractivity contribution is 0.0875. The van der Waals surface area contributed by atoms with Gasteiger partial charge in [0.25, 0.3) is 0 Å². The van der Waals surface area contributed by atoms with E-state index in [0.717, 1.165) is 48.9 Å². The van der Waals surface area contributed by atoms with Gasteiger partial charge in [0.1, 0.15) is 5.82 Å². The Morgan fingerprint density at radius 3 is 2.37 bits per heavy atom. The van der Waals surface area contributed by atoms with Gasteiger partial charge in [0.05, 0.1) is 19.3 Å². The van der Waals surface area contributed by atoms with Crippen LogP contribution >= 0.6 is 0 Å². The molecule has 0 amide bonds. The van der Waals surface area contributed by atoms with Crippen molar-refractivity contribution in [3.63, 3.8) is 0 Å². The smallest absolute Gasteiger partial charge is 0.122 e. The molecule has 7 nitrogen and oxygen atoms in total. The number of nitrogens with two attached hydrogens (primary N) is 1. The van der Waals surface area contributed by atoms with Crippen LogP contribution in [0.4, 0.5) is 17.1 Å². The molecule has 1 unspecified atom stereocenters. The van der Waals surface area contributed by atoms with Crippen molar-refractivity contribution in [2.24, 2.45) is 10.7 Å². The number of anilines is 3. The highest BCUT2D eigenvalue weighted by atomic mass is 16.5. The highest BCUT2D eigenvalue weighted by Crippen LogP contribution is 2.22. The summed E-state index contributed by atoms with van der Waals surface area (Å²) in [5.74, 6) is 0.554. The fourth-order valence-corrected chi connectivity index (χ4v) is 4.22. The number of morpholine rings is 1. The summed E-state index contributed by atoms with van der Waals surface area (Å²) >= 11 is 0. The number of aliphatic imine (C=N–C) groups is 1. The molecule has 2 aliphatic heterocycles. The molecule has 35 heavy (non-hydrogen) atoms. The zero-order chi connectivity index (χ0) is 24.5. The van der Waals surface area contributed by atoms with Crippen LogP contribution in [0.3, 0.4) is 0 Å². The third-order valence-electron chi connectivity index (χ3n) is 6.23. The van der Waals surface area contributed by atoms with Gasteiger partial charge in [-0.3, -0.25) is 0 Å². The Balaban J connectivity index is 1.26. The average Bonchev–Trinajstić information content (AvgIpc) is 2.90. The molecule has 4 rings (SSSR count). The van der Waals surface area contributed by atoms with E-state index < -0.39 is 0 Å². The average molecular weight is 473 g/mol. The Hall–Kier alpha value is -3.55. The molecule has 0 spiro atoms. The molecule has 2 saturated heterocycles. The molecule has 7 heteroatoms. The van der Waals surface area contributed by atoms with Crippen LogP contribution in [0.5, 0.6) is 0 Å². The molecule has 184 valence electrons. The van der Waals surface area contributed by atoms with Crippen molar-refractivity contribution in [1.29, 1.82) is 0 Å². The van der Waals surface area contributed by atoms with Gasteiger partial charge in [-0.05, 0) is 67.3 Å². The number of allylic oxidation sites excluding steroid dienone is 1. The summed E-state index contributed by atoms with van der Waals surface area (Å²) in [6.45, 7) is 12.6. The van der Waals surface area contributed by atoms with Crippen LogP contribution in [0.2, 0.25) is 0 Å². The molecule has 0 radical (unpaired) electrons. The minimum atomic E-state index is 0.110. The van der Waals surface area contributed by atoms with Gasteiger partial charge in [-0.1, -0.05) is 25.3 Å². The van der Waals surface area contributed by atoms with E-state index in [9.17, 15) is 0 Å². The van der Waals surface area contributed by atoms with Gasteiger partial charge in [-0.15, -0.1) is 0 Å². The summed E-state index contributed by atoms with van der Waals surface area (Å²) in [7, 11) is 0. The van der Waals surface area contributed by atoms with Crippen LogP contribution < -0.4 is 26.6 Å². The van der Waals surface area contributed by atoms with Gasteiger partial charge in [-0.25, -0.2) is 4.99 Å². The maximum absolute atomic E-state index is 6.24.